The van der Waals surface area contributed by atoms with E-state index in [1.807, 2.05) is 0 Å². The molecule has 4 rings (SSSR count). The number of anilines is 1. The van der Waals surface area contributed by atoms with Crippen molar-refractivity contribution in [2.24, 2.45) is 0 Å². The molecule has 4 aromatic rings. The highest BCUT2D eigenvalue weighted by Crippen LogP contribution is 2.26. The van der Waals surface area contributed by atoms with Crippen LogP contribution in [0.2, 0.25) is 0 Å². The van der Waals surface area contributed by atoms with E-state index in [0.717, 1.165) is 0 Å². The van der Waals surface area contributed by atoms with Crippen LogP contribution in [0.3, 0.4) is 0 Å². The van der Waals surface area contributed by atoms with Crippen molar-refractivity contribution >= 4 is 33.9 Å². The number of nitrogens with zero attached hydrogens (tertiary/aromatic N) is 1. The molecular formula is C19H11FN2O3S. The van der Waals surface area contributed by atoms with Crippen molar-refractivity contribution in [3.8, 4) is 10.6 Å². The molecule has 0 atom stereocenters. The summed E-state index contributed by atoms with van der Waals surface area (Å²) in [5.74, 6) is -0.787. The van der Waals surface area contributed by atoms with Crippen LogP contribution in [0.5, 0.6) is 0 Å². The fourth-order valence-corrected chi connectivity index (χ4v) is 3.31. The van der Waals surface area contributed by atoms with Gasteiger partial charge < -0.3 is 9.73 Å². The molecule has 5 nitrogen and oxygen atoms in total. The van der Waals surface area contributed by atoms with Crippen molar-refractivity contribution in [3.05, 3.63) is 81.9 Å². The number of amides is 1. The molecule has 0 spiro atoms. The molecule has 2 heterocycles. The number of carbonyl (C=O) groups excluding carboxylic acids is 1. The van der Waals surface area contributed by atoms with E-state index < -0.39 is 11.5 Å². The molecule has 0 aliphatic heterocycles. The molecule has 2 aromatic heterocycles. The summed E-state index contributed by atoms with van der Waals surface area (Å²) in [5.41, 5.74) is 1.10. The summed E-state index contributed by atoms with van der Waals surface area (Å²) in [4.78, 5) is 27.8. The van der Waals surface area contributed by atoms with E-state index in [9.17, 15) is 14.0 Å². The van der Waals surface area contributed by atoms with Crippen LogP contribution in [-0.4, -0.2) is 10.9 Å². The SMILES string of the molecule is O=C(Nc1ccc2oc(=O)ccc2c1)c1csc(-c2ccccc2F)n1. The van der Waals surface area contributed by atoms with Crippen LogP contribution in [0, 0.1) is 5.82 Å². The minimum Gasteiger partial charge on any atom is -0.423 e. The molecule has 2 aromatic carbocycles. The molecule has 0 unspecified atom stereocenters. The van der Waals surface area contributed by atoms with Gasteiger partial charge in [-0.2, -0.15) is 0 Å². The lowest BCUT2D eigenvalue weighted by molar-refractivity contribution is 0.102. The lowest BCUT2D eigenvalue weighted by Gasteiger charge is -2.04. The number of benzene rings is 2. The van der Waals surface area contributed by atoms with Crippen LogP contribution in [0.25, 0.3) is 21.5 Å². The first-order valence-electron chi connectivity index (χ1n) is 7.66. The van der Waals surface area contributed by atoms with Crippen LogP contribution < -0.4 is 10.9 Å². The van der Waals surface area contributed by atoms with Crippen molar-refractivity contribution in [3.63, 3.8) is 0 Å². The molecule has 0 aliphatic carbocycles. The number of nitrogens with one attached hydrogen (secondary N) is 1. The summed E-state index contributed by atoms with van der Waals surface area (Å²) in [5, 5.41) is 5.44. The van der Waals surface area contributed by atoms with Gasteiger partial charge in [0.15, 0.2) is 0 Å². The first kappa shape index (κ1) is 16.2. The van der Waals surface area contributed by atoms with Gasteiger partial charge in [0.25, 0.3) is 5.91 Å². The lowest BCUT2D eigenvalue weighted by Crippen LogP contribution is -2.12. The van der Waals surface area contributed by atoms with E-state index in [4.69, 9.17) is 4.42 Å². The highest BCUT2D eigenvalue weighted by molar-refractivity contribution is 7.13. The Morgan fingerprint density at radius 2 is 1.96 bits per heavy atom. The Hall–Kier alpha value is -3.32. The van der Waals surface area contributed by atoms with Crippen molar-refractivity contribution in [2.45, 2.75) is 0 Å². The van der Waals surface area contributed by atoms with E-state index in [0.29, 0.717) is 27.2 Å². The molecule has 0 fully saturated rings. The van der Waals surface area contributed by atoms with Gasteiger partial charge in [0, 0.05) is 28.1 Å². The van der Waals surface area contributed by atoms with Gasteiger partial charge in [0.1, 0.15) is 22.1 Å². The fraction of sp³-hybridized carbons (Fsp3) is 0. The minimum absolute atomic E-state index is 0.202. The zero-order chi connectivity index (χ0) is 18.1. The Morgan fingerprint density at radius 3 is 2.81 bits per heavy atom. The Kier molecular flexibility index (Phi) is 4.06. The third-order valence-corrected chi connectivity index (χ3v) is 4.59. The second kappa shape index (κ2) is 6.53. The number of aromatic nitrogens is 1. The zero-order valence-corrected chi connectivity index (χ0v) is 14.0. The maximum absolute atomic E-state index is 13.8. The molecule has 0 bridgehead atoms. The van der Waals surface area contributed by atoms with Crippen molar-refractivity contribution < 1.29 is 13.6 Å². The Bertz CT molecular complexity index is 1180. The molecule has 0 aliphatic rings. The van der Waals surface area contributed by atoms with Gasteiger partial charge in [-0.1, -0.05) is 12.1 Å². The second-order valence-electron chi connectivity index (χ2n) is 5.48. The van der Waals surface area contributed by atoms with Gasteiger partial charge in [0.2, 0.25) is 0 Å². The lowest BCUT2D eigenvalue weighted by atomic mass is 10.2. The maximum Gasteiger partial charge on any atom is 0.336 e. The summed E-state index contributed by atoms with van der Waals surface area (Å²) < 4.78 is 18.9. The minimum atomic E-state index is -0.433. The first-order chi connectivity index (χ1) is 12.6. The van der Waals surface area contributed by atoms with Crippen LogP contribution in [0.4, 0.5) is 10.1 Å². The highest BCUT2D eigenvalue weighted by Gasteiger charge is 2.14. The number of hydrogen-bond donors (Lipinski definition) is 1. The second-order valence-corrected chi connectivity index (χ2v) is 6.34. The van der Waals surface area contributed by atoms with E-state index in [1.54, 1.807) is 47.8 Å². The Labute approximate surface area is 150 Å². The fourth-order valence-electron chi connectivity index (χ4n) is 2.48. The summed E-state index contributed by atoms with van der Waals surface area (Å²) >= 11 is 1.20. The number of halogens is 1. The third-order valence-electron chi connectivity index (χ3n) is 3.72. The predicted molar refractivity (Wildman–Crippen MR) is 97.9 cm³/mol. The van der Waals surface area contributed by atoms with Crippen LogP contribution in [0.15, 0.2) is 69.2 Å². The number of carbonyl (C=O) groups is 1. The normalized spacial score (nSPS) is 10.8. The molecule has 0 radical (unpaired) electrons. The molecule has 7 heteroatoms. The van der Waals surface area contributed by atoms with Crippen molar-refractivity contribution in [1.29, 1.82) is 0 Å². The molecule has 128 valence electrons. The number of rotatable bonds is 3. The number of thiazole rings is 1. The zero-order valence-electron chi connectivity index (χ0n) is 13.2. The van der Waals surface area contributed by atoms with Gasteiger partial charge >= 0.3 is 5.63 Å². The van der Waals surface area contributed by atoms with E-state index in [2.05, 4.69) is 10.3 Å². The summed E-state index contributed by atoms with van der Waals surface area (Å²) in [7, 11) is 0. The average molecular weight is 366 g/mol. The largest absolute Gasteiger partial charge is 0.423 e. The summed E-state index contributed by atoms with van der Waals surface area (Å²) in [6, 6.07) is 14.2. The summed E-state index contributed by atoms with van der Waals surface area (Å²) in [6.07, 6.45) is 0. The van der Waals surface area contributed by atoms with Gasteiger partial charge in [0.05, 0.1) is 0 Å². The topological polar surface area (TPSA) is 72.2 Å². The number of fused-ring (bicyclic) bond motifs is 1. The first-order valence-corrected chi connectivity index (χ1v) is 8.54. The molecule has 0 saturated heterocycles. The van der Waals surface area contributed by atoms with E-state index in [-0.39, 0.29) is 11.5 Å². The van der Waals surface area contributed by atoms with Gasteiger partial charge in [-0.25, -0.2) is 14.2 Å². The van der Waals surface area contributed by atoms with Crippen LogP contribution in [-0.2, 0) is 0 Å². The average Bonchev–Trinajstić information content (AvgIpc) is 3.12. The third kappa shape index (κ3) is 3.12. The van der Waals surface area contributed by atoms with Crippen molar-refractivity contribution in [2.75, 3.05) is 5.32 Å². The van der Waals surface area contributed by atoms with Crippen molar-refractivity contribution in [1.82, 2.24) is 4.98 Å². The standard InChI is InChI=1S/C19H11FN2O3S/c20-14-4-2-1-3-13(14)19-22-15(10-26-19)18(24)21-12-6-7-16-11(9-12)5-8-17(23)25-16/h1-10H,(H,21,24). The Balaban J connectivity index is 1.58. The van der Waals surface area contributed by atoms with Gasteiger partial charge in [-0.3, -0.25) is 4.79 Å². The van der Waals surface area contributed by atoms with E-state index in [1.165, 1.54) is 23.5 Å². The molecule has 1 N–H and O–H groups in total. The highest BCUT2D eigenvalue weighted by atomic mass is 32.1. The monoisotopic (exact) mass is 366 g/mol. The van der Waals surface area contributed by atoms with Gasteiger partial charge in [-0.15, -0.1) is 11.3 Å². The smallest absolute Gasteiger partial charge is 0.336 e. The summed E-state index contributed by atoms with van der Waals surface area (Å²) in [6.45, 7) is 0. The molecule has 26 heavy (non-hydrogen) atoms. The van der Waals surface area contributed by atoms with E-state index >= 15 is 0 Å². The molecule has 0 saturated carbocycles. The number of hydrogen-bond acceptors (Lipinski definition) is 5. The molecular weight excluding hydrogens is 355 g/mol. The van der Waals surface area contributed by atoms with Gasteiger partial charge in [-0.05, 0) is 36.4 Å². The predicted octanol–water partition coefficient (Wildman–Crippen LogP) is 4.31. The Morgan fingerprint density at radius 1 is 1.12 bits per heavy atom. The van der Waals surface area contributed by atoms with Crippen LogP contribution >= 0.6 is 11.3 Å². The maximum atomic E-state index is 13.8. The quantitative estimate of drug-likeness (QED) is 0.549. The molecule has 1 amide bonds. The van der Waals surface area contributed by atoms with Crippen LogP contribution in [0.1, 0.15) is 10.5 Å².